The highest BCUT2D eigenvalue weighted by molar-refractivity contribution is 5.29. The number of ether oxygens (including phenoxy) is 2. The van der Waals surface area contributed by atoms with Gasteiger partial charge in [-0.2, -0.15) is 0 Å². The van der Waals surface area contributed by atoms with Crippen LogP contribution >= 0.6 is 0 Å². The molecule has 0 aromatic heterocycles. The molecule has 3 nitrogen and oxygen atoms in total. The molecule has 0 saturated carbocycles. The number of benzene rings is 1. The van der Waals surface area contributed by atoms with Gasteiger partial charge in [-0.1, -0.05) is 19.1 Å². The first-order valence-corrected chi connectivity index (χ1v) is 7.46. The molecule has 1 aliphatic rings. The van der Waals surface area contributed by atoms with Crippen LogP contribution in [-0.4, -0.2) is 17.3 Å². The summed E-state index contributed by atoms with van der Waals surface area (Å²) in [5.41, 5.74) is 6.79. The van der Waals surface area contributed by atoms with E-state index in [0.717, 1.165) is 24.2 Å². The minimum Gasteiger partial charge on any atom is -0.487 e. The predicted octanol–water partition coefficient (Wildman–Crippen LogP) is 3.82. The fraction of sp³-hybridized carbons (Fsp3) is 0.647. The molecule has 0 aliphatic carbocycles. The standard InChI is InChI=1S/C17H27NO2/c1-6-14(18)12-7-9-13(10-8-12)19-15-11-16(2,3)20-17(15,4)5/h7-10,14-15H,6,11,18H2,1-5H3/t14-,15?/m0/s1. The minimum absolute atomic E-state index is 0.0724. The Morgan fingerprint density at radius 1 is 1.25 bits per heavy atom. The molecule has 1 aliphatic heterocycles. The van der Waals surface area contributed by atoms with Crippen LogP contribution in [0.5, 0.6) is 5.75 Å². The minimum atomic E-state index is -0.262. The normalized spacial score (nSPS) is 25.4. The second-order valence-corrected chi connectivity index (χ2v) is 6.86. The van der Waals surface area contributed by atoms with E-state index in [1.807, 2.05) is 12.1 Å². The van der Waals surface area contributed by atoms with Crippen molar-refractivity contribution in [3.05, 3.63) is 29.8 Å². The van der Waals surface area contributed by atoms with Gasteiger partial charge in [-0.15, -0.1) is 0 Å². The van der Waals surface area contributed by atoms with Crippen molar-refractivity contribution in [2.75, 3.05) is 0 Å². The zero-order valence-electron chi connectivity index (χ0n) is 13.3. The Hall–Kier alpha value is -1.06. The van der Waals surface area contributed by atoms with Gasteiger partial charge in [0.2, 0.25) is 0 Å². The molecule has 1 saturated heterocycles. The van der Waals surface area contributed by atoms with Gasteiger partial charge in [-0.3, -0.25) is 0 Å². The molecule has 0 radical (unpaired) electrons. The van der Waals surface area contributed by atoms with Crippen molar-refractivity contribution in [3.8, 4) is 5.75 Å². The van der Waals surface area contributed by atoms with Crippen LogP contribution in [0.3, 0.4) is 0 Å². The number of hydrogen-bond donors (Lipinski definition) is 1. The first-order chi connectivity index (χ1) is 9.23. The Labute approximate surface area is 122 Å². The lowest BCUT2D eigenvalue weighted by molar-refractivity contribution is -0.0846. The van der Waals surface area contributed by atoms with E-state index in [0.29, 0.717) is 0 Å². The molecular weight excluding hydrogens is 250 g/mol. The summed E-state index contributed by atoms with van der Waals surface area (Å²) in [5.74, 6) is 0.886. The van der Waals surface area contributed by atoms with E-state index in [2.05, 4.69) is 46.8 Å². The summed E-state index contributed by atoms with van der Waals surface area (Å²) in [5, 5.41) is 0. The Kier molecular flexibility index (Phi) is 4.12. The molecule has 1 aromatic carbocycles. The van der Waals surface area contributed by atoms with Crippen molar-refractivity contribution in [1.82, 2.24) is 0 Å². The van der Waals surface area contributed by atoms with Crippen LogP contribution in [0.25, 0.3) is 0 Å². The van der Waals surface area contributed by atoms with E-state index < -0.39 is 0 Å². The summed E-state index contributed by atoms with van der Waals surface area (Å²) < 4.78 is 12.2. The molecule has 2 atom stereocenters. The smallest absolute Gasteiger partial charge is 0.130 e. The SMILES string of the molecule is CC[C@H](N)c1ccc(OC2CC(C)(C)OC2(C)C)cc1. The fourth-order valence-corrected chi connectivity index (χ4v) is 2.89. The molecule has 112 valence electrons. The van der Waals surface area contributed by atoms with Crippen LogP contribution in [0.1, 0.15) is 59.1 Å². The molecule has 0 bridgehead atoms. The molecule has 1 aromatic rings. The van der Waals surface area contributed by atoms with Gasteiger partial charge >= 0.3 is 0 Å². The Bertz CT molecular complexity index is 451. The van der Waals surface area contributed by atoms with E-state index in [1.165, 1.54) is 0 Å². The van der Waals surface area contributed by atoms with E-state index in [4.69, 9.17) is 15.2 Å². The van der Waals surface area contributed by atoms with Gasteiger partial charge in [0.25, 0.3) is 0 Å². The van der Waals surface area contributed by atoms with Crippen LogP contribution in [0, 0.1) is 0 Å². The summed E-state index contributed by atoms with van der Waals surface area (Å²) in [7, 11) is 0. The van der Waals surface area contributed by atoms with E-state index in [-0.39, 0.29) is 23.3 Å². The fourth-order valence-electron chi connectivity index (χ4n) is 2.89. The van der Waals surface area contributed by atoms with Crippen molar-refractivity contribution in [2.45, 2.75) is 70.8 Å². The van der Waals surface area contributed by atoms with Crippen molar-refractivity contribution in [3.63, 3.8) is 0 Å². The van der Waals surface area contributed by atoms with Crippen molar-refractivity contribution >= 4 is 0 Å². The van der Waals surface area contributed by atoms with Gasteiger partial charge in [0.15, 0.2) is 0 Å². The van der Waals surface area contributed by atoms with E-state index in [9.17, 15) is 0 Å². The molecule has 20 heavy (non-hydrogen) atoms. The molecule has 1 heterocycles. The number of hydrogen-bond acceptors (Lipinski definition) is 3. The average Bonchev–Trinajstić information content (AvgIpc) is 2.57. The first-order valence-electron chi connectivity index (χ1n) is 7.46. The third-order valence-electron chi connectivity index (χ3n) is 4.02. The van der Waals surface area contributed by atoms with E-state index >= 15 is 0 Å². The maximum Gasteiger partial charge on any atom is 0.130 e. The zero-order valence-corrected chi connectivity index (χ0v) is 13.3. The Balaban J connectivity index is 2.07. The lowest BCUT2D eigenvalue weighted by Gasteiger charge is -2.27. The topological polar surface area (TPSA) is 44.5 Å². The van der Waals surface area contributed by atoms with Crippen LogP contribution in [0.4, 0.5) is 0 Å². The van der Waals surface area contributed by atoms with Crippen molar-refractivity contribution in [1.29, 1.82) is 0 Å². The van der Waals surface area contributed by atoms with Crippen LogP contribution in [0.15, 0.2) is 24.3 Å². The van der Waals surface area contributed by atoms with Crippen LogP contribution in [0.2, 0.25) is 0 Å². The molecule has 0 amide bonds. The van der Waals surface area contributed by atoms with Crippen molar-refractivity contribution < 1.29 is 9.47 Å². The first kappa shape index (κ1) is 15.3. The largest absolute Gasteiger partial charge is 0.487 e. The Morgan fingerprint density at radius 2 is 1.85 bits per heavy atom. The second-order valence-electron chi connectivity index (χ2n) is 6.86. The molecular formula is C17H27NO2. The third-order valence-corrected chi connectivity index (χ3v) is 4.02. The second kappa shape index (κ2) is 5.38. The van der Waals surface area contributed by atoms with Crippen molar-refractivity contribution in [2.24, 2.45) is 5.73 Å². The summed E-state index contributed by atoms with van der Waals surface area (Å²) in [6, 6.07) is 8.22. The number of rotatable bonds is 4. The molecule has 2 rings (SSSR count). The molecule has 1 fully saturated rings. The third kappa shape index (κ3) is 3.33. The summed E-state index contributed by atoms with van der Waals surface area (Å²) >= 11 is 0. The van der Waals surface area contributed by atoms with Crippen LogP contribution < -0.4 is 10.5 Å². The van der Waals surface area contributed by atoms with Crippen LogP contribution in [-0.2, 0) is 4.74 Å². The quantitative estimate of drug-likeness (QED) is 0.910. The van der Waals surface area contributed by atoms with Gasteiger partial charge in [0.1, 0.15) is 17.5 Å². The van der Waals surface area contributed by atoms with E-state index in [1.54, 1.807) is 0 Å². The van der Waals surface area contributed by atoms with Gasteiger partial charge in [0, 0.05) is 12.5 Å². The highest BCUT2D eigenvalue weighted by Gasteiger charge is 2.47. The summed E-state index contributed by atoms with van der Waals surface area (Å²) in [6.45, 7) is 10.5. The average molecular weight is 277 g/mol. The summed E-state index contributed by atoms with van der Waals surface area (Å²) in [4.78, 5) is 0. The maximum atomic E-state index is 6.13. The van der Waals surface area contributed by atoms with Gasteiger partial charge in [-0.05, 0) is 51.8 Å². The highest BCUT2D eigenvalue weighted by atomic mass is 16.6. The summed E-state index contributed by atoms with van der Waals surface area (Å²) in [6.07, 6.45) is 1.91. The van der Waals surface area contributed by atoms with Gasteiger partial charge in [-0.25, -0.2) is 0 Å². The zero-order chi connectivity index (χ0) is 15.0. The lowest BCUT2D eigenvalue weighted by Crippen LogP contribution is -2.36. The monoisotopic (exact) mass is 277 g/mol. The maximum absolute atomic E-state index is 6.13. The Morgan fingerprint density at radius 3 is 2.30 bits per heavy atom. The predicted molar refractivity (Wildman–Crippen MR) is 81.9 cm³/mol. The molecule has 2 N–H and O–H groups in total. The van der Waals surface area contributed by atoms with Gasteiger partial charge < -0.3 is 15.2 Å². The lowest BCUT2D eigenvalue weighted by atomic mass is 9.97. The molecule has 0 spiro atoms. The molecule has 3 heteroatoms. The highest BCUT2D eigenvalue weighted by Crippen LogP contribution is 2.39. The van der Waals surface area contributed by atoms with Gasteiger partial charge in [0.05, 0.1) is 5.60 Å². The molecule has 1 unspecified atom stereocenters. The number of nitrogens with two attached hydrogens (primary N) is 1.